The van der Waals surface area contributed by atoms with Gasteiger partial charge in [-0.15, -0.1) is 0 Å². The largest absolute Gasteiger partial charge is 0.362 e. The average molecular weight is 287 g/mol. The Bertz CT molecular complexity index is 733. The Balaban J connectivity index is 1.83. The standard InChI is InChI=1S/C13H17N7O/c1-3-4-14-13-17-11(10-7-16-19-12(10)18-13)15-6-9-5-8(2)20-21-9/h5,7H,3-4,6H2,1-2H3,(H3,14,15,16,17,18,19). The van der Waals surface area contributed by atoms with Crippen LogP contribution in [0.1, 0.15) is 24.8 Å². The Morgan fingerprint density at radius 3 is 2.95 bits per heavy atom. The summed E-state index contributed by atoms with van der Waals surface area (Å²) in [7, 11) is 0. The number of hydrogen-bond acceptors (Lipinski definition) is 7. The van der Waals surface area contributed by atoms with Gasteiger partial charge in [-0.2, -0.15) is 15.1 Å². The molecule has 0 amide bonds. The van der Waals surface area contributed by atoms with E-state index < -0.39 is 0 Å². The van der Waals surface area contributed by atoms with Gasteiger partial charge in [0.1, 0.15) is 5.82 Å². The second-order valence-corrected chi connectivity index (χ2v) is 4.74. The predicted octanol–water partition coefficient (Wildman–Crippen LogP) is 2.08. The number of aryl methyl sites for hydroxylation is 1. The minimum absolute atomic E-state index is 0.505. The topological polar surface area (TPSA) is 105 Å². The molecule has 21 heavy (non-hydrogen) atoms. The molecule has 0 aromatic carbocycles. The van der Waals surface area contributed by atoms with Crippen LogP contribution >= 0.6 is 0 Å². The maximum atomic E-state index is 5.18. The summed E-state index contributed by atoms with van der Waals surface area (Å²) in [6.07, 6.45) is 2.71. The lowest BCUT2D eigenvalue weighted by molar-refractivity contribution is 0.384. The lowest BCUT2D eigenvalue weighted by Crippen LogP contribution is -2.08. The van der Waals surface area contributed by atoms with Crippen LogP contribution in [-0.4, -0.2) is 31.9 Å². The van der Waals surface area contributed by atoms with Crippen LogP contribution < -0.4 is 10.6 Å². The number of hydrogen-bond donors (Lipinski definition) is 3. The molecular formula is C13H17N7O. The van der Waals surface area contributed by atoms with Gasteiger partial charge in [0.25, 0.3) is 0 Å². The first-order valence-corrected chi connectivity index (χ1v) is 6.87. The Labute approximate surface area is 121 Å². The third-order valence-corrected chi connectivity index (χ3v) is 2.95. The van der Waals surface area contributed by atoms with Gasteiger partial charge in [-0.3, -0.25) is 5.10 Å². The van der Waals surface area contributed by atoms with Crippen molar-refractivity contribution >= 4 is 22.8 Å². The lowest BCUT2D eigenvalue weighted by atomic mass is 10.3. The smallest absolute Gasteiger partial charge is 0.226 e. The molecule has 8 nitrogen and oxygen atoms in total. The molecule has 0 spiro atoms. The number of H-pyrrole nitrogens is 1. The van der Waals surface area contributed by atoms with Crippen molar-refractivity contribution in [3.63, 3.8) is 0 Å². The molecule has 3 heterocycles. The van der Waals surface area contributed by atoms with Crippen molar-refractivity contribution in [1.29, 1.82) is 0 Å². The zero-order valence-corrected chi connectivity index (χ0v) is 12.0. The average Bonchev–Trinajstić information content (AvgIpc) is 3.11. The van der Waals surface area contributed by atoms with Gasteiger partial charge in [0.05, 0.1) is 23.8 Å². The second kappa shape index (κ2) is 5.78. The monoisotopic (exact) mass is 287 g/mol. The van der Waals surface area contributed by atoms with Crippen LogP contribution in [0.25, 0.3) is 11.0 Å². The van der Waals surface area contributed by atoms with E-state index >= 15 is 0 Å². The van der Waals surface area contributed by atoms with E-state index in [1.54, 1.807) is 6.20 Å². The number of nitrogens with zero attached hydrogens (tertiary/aromatic N) is 4. The van der Waals surface area contributed by atoms with Gasteiger partial charge in [-0.1, -0.05) is 12.1 Å². The number of fused-ring (bicyclic) bond motifs is 1. The molecule has 3 aromatic rings. The highest BCUT2D eigenvalue weighted by Crippen LogP contribution is 2.20. The summed E-state index contributed by atoms with van der Waals surface area (Å²) in [5.41, 5.74) is 1.55. The Morgan fingerprint density at radius 1 is 1.29 bits per heavy atom. The van der Waals surface area contributed by atoms with E-state index in [0.717, 1.165) is 29.8 Å². The fourth-order valence-corrected chi connectivity index (χ4v) is 1.96. The summed E-state index contributed by atoms with van der Waals surface area (Å²) in [5.74, 6) is 2.04. The number of aromatic nitrogens is 5. The maximum absolute atomic E-state index is 5.18. The summed E-state index contributed by atoms with van der Waals surface area (Å²) < 4.78 is 5.18. The van der Waals surface area contributed by atoms with Gasteiger partial charge in [0.15, 0.2) is 11.4 Å². The molecule has 0 aliphatic heterocycles. The molecule has 3 N–H and O–H groups in total. The van der Waals surface area contributed by atoms with E-state index in [4.69, 9.17) is 4.52 Å². The van der Waals surface area contributed by atoms with E-state index in [1.165, 1.54) is 0 Å². The summed E-state index contributed by atoms with van der Waals surface area (Å²) in [5, 5.41) is 18.0. The van der Waals surface area contributed by atoms with Crippen molar-refractivity contribution in [3.05, 3.63) is 23.7 Å². The first-order valence-electron chi connectivity index (χ1n) is 6.87. The van der Waals surface area contributed by atoms with E-state index in [1.807, 2.05) is 13.0 Å². The minimum atomic E-state index is 0.505. The molecule has 3 rings (SSSR count). The fraction of sp³-hybridized carbons (Fsp3) is 0.385. The van der Waals surface area contributed by atoms with Gasteiger partial charge >= 0.3 is 0 Å². The number of rotatable bonds is 6. The zero-order chi connectivity index (χ0) is 14.7. The van der Waals surface area contributed by atoms with Crippen molar-refractivity contribution in [3.8, 4) is 0 Å². The summed E-state index contributed by atoms with van der Waals surface area (Å²) in [4.78, 5) is 8.85. The molecule has 0 aliphatic carbocycles. The third kappa shape index (κ3) is 2.93. The molecule has 0 radical (unpaired) electrons. The molecule has 0 bridgehead atoms. The highest BCUT2D eigenvalue weighted by Gasteiger charge is 2.10. The minimum Gasteiger partial charge on any atom is -0.362 e. The van der Waals surface area contributed by atoms with Crippen LogP contribution in [0.5, 0.6) is 0 Å². The van der Waals surface area contributed by atoms with Crippen molar-refractivity contribution < 1.29 is 4.52 Å². The first kappa shape index (κ1) is 13.3. The zero-order valence-electron chi connectivity index (χ0n) is 12.0. The molecule has 110 valence electrons. The van der Waals surface area contributed by atoms with Gasteiger partial charge in [-0.25, -0.2) is 0 Å². The fourth-order valence-electron chi connectivity index (χ4n) is 1.96. The molecule has 8 heteroatoms. The molecule has 0 unspecified atom stereocenters. The first-order chi connectivity index (χ1) is 10.3. The van der Waals surface area contributed by atoms with Crippen molar-refractivity contribution in [2.75, 3.05) is 17.2 Å². The molecule has 0 saturated carbocycles. The molecule has 0 aliphatic rings. The Morgan fingerprint density at radius 2 is 2.19 bits per heavy atom. The molecule has 3 aromatic heterocycles. The molecule has 0 atom stereocenters. The quantitative estimate of drug-likeness (QED) is 0.637. The SMILES string of the molecule is CCCNc1nc(NCc2cc(C)no2)c2cn[nH]c2n1. The van der Waals surface area contributed by atoms with Crippen molar-refractivity contribution in [2.45, 2.75) is 26.8 Å². The van der Waals surface area contributed by atoms with E-state index in [0.29, 0.717) is 24.0 Å². The second-order valence-electron chi connectivity index (χ2n) is 4.74. The highest BCUT2D eigenvalue weighted by molar-refractivity contribution is 5.86. The van der Waals surface area contributed by atoms with Crippen LogP contribution in [0.2, 0.25) is 0 Å². The summed E-state index contributed by atoms with van der Waals surface area (Å²) in [6, 6.07) is 1.89. The molecular weight excluding hydrogens is 270 g/mol. The normalized spacial score (nSPS) is 11.0. The Kier molecular flexibility index (Phi) is 3.67. The van der Waals surface area contributed by atoms with Crippen LogP contribution in [0.15, 0.2) is 16.8 Å². The van der Waals surface area contributed by atoms with Gasteiger partial charge in [-0.05, 0) is 13.3 Å². The Hall–Kier alpha value is -2.64. The molecule has 0 fully saturated rings. The number of anilines is 2. The third-order valence-electron chi connectivity index (χ3n) is 2.95. The lowest BCUT2D eigenvalue weighted by Gasteiger charge is -2.08. The summed E-state index contributed by atoms with van der Waals surface area (Å²) >= 11 is 0. The maximum Gasteiger partial charge on any atom is 0.226 e. The van der Waals surface area contributed by atoms with E-state index in [2.05, 4.69) is 42.9 Å². The van der Waals surface area contributed by atoms with Crippen LogP contribution in [0, 0.1) is 6.92 Å². The van der Waals surface area contributed by atoms with Crippen LogP contribution in [0.4, 0.5) is 11.8 Å². The van der Waals surface area contributed by atoms with Crippen molar-refractivity contribution in [2.24, 2.45) is 0 Å². The molecule has 0 saturated heterocycles. The summed E-state index contributed by atoms with van der Waals surface area (Å²) in [6.45, 7) is 5.30. The van der Waals surface area contributed by atoms with E-state index in [-0.39, 0.29) is 0 Å². The predicted molar refractivity (Wildman–Crippen MR) is 79.0 cm³/mol. The number of aromatic amines is 1. The highest BCUT2D eigenvalue weighted by atomic mass is 16.5. The van der Waals surface area contributed by atoms with Gasteiger partial charge < -0.3 is 15.2 Å². The number of nitrogens with one attached hydrogen (secondary N) is 3. The van der Waals surface area contributed by atoms with Crippen LogP contribution in [-0.2, 0) is 6.54 Å². The van der Waals surface area contributed by atoms with E-state index in [9.17, 15) is 0 Å². The van der Waals surface area contributed by atoms with Crippen LogP contribution in [0.3, 0.4) is 0 Å². The van der Waals surface area contributed by atoms with Gasteiger partial charge in [0, 0.05) is 12.6 Å². The van der Waals surface area contributed by atoms with Crippen molar-refractivity contribution in [1.82, 2.24) is 25.3 Å². The van der Waals surface area contributed by atoms with Gasteiger partial charge in [0.2, 0.25) is 5.95 Å².